The molecule has 4 aliphatic rings. The molecule has 0 spiro atoms. The van der Waals surface area contributed by atoms with Gasteiger partial charge >= 0.3 is 0 Å². The van der Waals surface area contributed by atoms with Crippen molar-refractivity contribution < 1.29 is 24.1 Å². The summed E-state index contributed by atoms with van der Waals surface area (Å²) in [6, 6.07) is 0. The van der Waals surface area contributed by atoms with Gasteiger partial charge in [-0.25, -0.2) is 8.78 Å². The molecule has 0 saturated heterocycles. The molecule has 3 nitrogen and oxygen atoms in total. The standard InChI is InChI=1S/C19H30F2O3/c1-17-5-3-11(22)7-10(17)9-19(20,21)15-12(17)8-14(24)18(2)6-4-13(23)16(15)18/h10-16,22-24H,3-9H2,1-2H3/t10-,11+,12+,13+,14-,15-,16+,17+,18+/m1/s1. The highest BCUT2D eigenvalue weighted by molar-refractivity contribution is 5.15. The number of halogens is 2. The highest BCUT2D eigenvalue weighted by atomic mass is 19.3. The lowest BCUT2D eigenvalue weighted by atomic mass is 9.43. The SMILES string of the molecule is C[C@]12CC[C@H](O)C[C@@H]1CC(F)(F)[C@H]1[C@@H]3[C@@H](O)CC[C@@]3(C)[C@H](O)C[C@@H]12. The summed E-state index contributed by atoms with van der Waals surface area (Å²) in [6.07, 6.45) is 1.35. The smallest absolute Gasteiger partial charge is 0.251 e. The lowest BCUT2D eigenvalue weighted by molar-refractivity contribution is -0.261. The quantitative estimate of drug-likeness (QED) is 0.633. The Morgan fingerprint density at radius 1 is 0.875 bits per heavy atom. The minimum Gasteiger partial charge on any atom is -0.393 e. The topological polar surface area (TPSA) is 60.7 Å². The molecule has 4 saturated carbocycles. The van der Waals surface area contributed by atoms with Gasteiger partial charge in [-0.3, -0.25) is 0 Å². The average molecular weight is 344 g/mol. The molecule has 0 bridgehead atoms. The summed E-state index contributed by atoms with van der Waals surface area (Å²) in [4.78, 5) is 0. The van der Waals surface area contributed by atoms with Gasteiger partial charge in [0, 0.05) is 18.3 Å². The van der Waals surface area contributed by atoms with E-state index in [1.54, 1.807) is 0 Å². The number of alkyl halides is 2. The molecule has 4 aliphatic carbocycles. The van der Waals surface area contributed by atoms with E-state index in [0.29, 0.717) is 32.1 Å². The number of rotatable bonds is 0. The summed E-state index contributed by atoms with van der Waals surface area (Å²) in [5, 5.41) is 31.3. The molecule has 9 atom stereocenters. The molecule has 0 heterocycles. The molecule has 3 N–H and O–H groups in total. The molecule has 24 heavy (non-hydrogen) atoms. The van der Waals surface area contributed by atoms with E-state index in [1.807, 2.05) is 6.92 Å². The Bertz CT molecular complexity index is 527. The molecule has 138 valence electrons. The first-order valence-corrected chi connectivity index (χ1v) is 9.51. The number of hydrogen-bond acceptors (Lipinski definition) is 3. The van der Waals surface area contributed by atoms with Crippen LogP contribution in [0.1, 0.15) is 58.8 Å². The lowest BCUT2D eigenvalue weighted by Gasteiger charge is -2.63. The molecule has 0 amide bonds. The molecule has 0 aromatic rings. The van der Waals surface area contributed by atoms with Crippen molar-refractivity contribution in [3.05, 3.63) is 0 Å². The minimum atomic E-state index is -2.83. The van der Waals surface area contributed by atoms with Crippen LogP contribution in [0.15, 0.2) is 0 Å². The van der Waals surface area contributed by atoms with Gasteiger partial charge in [-0.05, 0) is 61.2 Å². The van der Waals surface area contributed by atoms with Gasteiger partial charge in [-0.15, -0.1) is 0 Å². The van der Waals surface area contributed by atoms with Gasteiger partial charge in [0.25, 0.3) is 5.92 Å². The van der Waals surface area contributed by atoms with Crippen LogP contribution in [0.3, 0.4) is 0 Å². The first-order chi connectivity index (χ1) is 11.1. The van der Waals surface area contributed by atoms with Crippen molar-refractivity contribution in [1.82, 2.24) is 0 Å². The van der Waals surface area contributed by atoms with Crippen molar-refractivity contribution in [3.63, 3.8) is 0 Å². The van der Waals surface area contributed by atoms with Crippen LogP contribution < -0.4 is 0 Å². The van der Waals surface area contributed by atoms with Crippen molar-refractivity contribution in [2.24, 2.45) is 34.5 Å². The van der Waals surface area contributed by atoms with Crippen LogP contribution >= 0.6 is 0 Å². The van der Waals surface area contributed by atoms with Gasteiger partial charge in [0.05, 0.1) is 18.3 Å². The Balaban J connectivity index is 1.78. The van der Waals surface area contributed by atoms with E-state index in [4.69, 9.17) is 0 Å². The number of hydrogen-bond donors (Lipinski definition) is 3. The molecule has 0 aromatic carbocycles. The molecule has 0 radical (unpaired) electrons. The molecule has 4 fully saturated rings. The second-order valence-corrected chi connectivity index (χ2v) is 9.62. The fraction of sp³-hybridized carbons (Fsp3) is 1.00. The van der Waals surface area contributed by atoms with E-state index in [0.717, 1.165) is 6.42 Å². The van der Waals surface area contributed by atoms with Crippen molar-refractivity contribution in [2.45, 2.75) is 83.0 Å². The summed E-state index contributed by atoms with van der Waals surface area (Å²) in [5.41, 5.74) is -0.864. The zero-order valence-corrected chi connectivity index (χ0v) is 14.6. The van der Waals surface area contributed by atoms with E-state index in [1.165, 1.54) is 0 Å². The molecule has 0 unspecified atom stereocenters. The summed E-state index contributed by atoms with van der Waals surface area (Å²) in [7, 11) is 0. The molecular formula is C19H30F2O3. The first-order valence-electron chi connectivity index (χ1n) is 9.51. The van der Waals surface area contributed by atoms with Gasteiger partial charge in [-0.1, -0.05) is 13.8 Å². The maximum absolute atomic E-state index is 15.2. The summed E-state index contributed by atoms with van der Waals surface area (Å²) in [5.74, 6) is -4.68. The summed E-state index contributed by atoms with van der Waals surface area (Å²) in [6.45, 7) is 3.98. The van der Waals surface area contributed by atoms with Crippen LogP contribution in [-0.2, 0) is 0 Å². The van der Waals surface area contributed by atoms with Gasteiger partial charge < -0.3 is 15.3 Å². The van der Waals surface area contributed by atoms with Gasteiger partial charge in [0.2, 0.25) is 0 Å². The van der Waals surface area contributed by atoms with E-state index >= 15 is 8.78 Å². The molecular weight excluding hydrogens is 314 g/mol. The Labute approximate surface area is 142 Å². The van der Waals surface area contributed by atoms with Crippen LogP contribution in [0, 0.1) is 34.5 Å². The monoisotopic (exact) mass is 344 g/mol. The first kappa shape index (κ1) is 17.2. The second kappa shape index (κ2) is 5.14. The lowest BCUT2D eigenvalue weighted by Crippen LogP contribution is -2.64. The van der Waals surface area contributed by atoms with E-state index in [9.17, 15) is 15.3 Å². The van der Waals surface area contributed by atoms with Gasteiger partial charge in [0.1, 0.15) is 0 Å². The van der Waals surface area contributed by atoms with Crippen LogP contribution in [-0.4, -0.2) is 39.6 Å². The Kier molecular flexibility index (Phi) is 3.67. The van der Waals surface area contributed by atoms with Gasteiger partial charge in [0.15, 0.2) is 0 Å². The molecule has 5 heteroatoms. The Hall–Kier alpha value is -0.260. The van der Waals surface area contributed by atoms with E-state index in [-0.39, 0.29) is 23.7 Å². The van der Waals surface area contributed by atoms with Crippen molar-refractivity contribution >= 4 is 0 Å². The second-order valence-electron chi connectivity index (χ2n) is 9.62. The zero-order chi connectivity index (χ0) is 17.5. The third-order valence-corrected chi connectivity index (χ3v) is 8.57. The van der Waals surface area contributed by atoms with Crippen LogP contribution in [0.5, 0.6) is 0 Å². The zero-order valence-electron chi connectivity index (χ0n) is 14.6. The largest absolute Gasteiger partial charge is 0.393 e. The molecule has 0 aromatic heterocycles. The van der Waals surface area contributed by atoms with Crippen LogP contribution in [0.2, 0.25) is 0 Å². The fourth-order valence-corrected chi connectivity index (χ4v) is 7.09. The van der Waals surface area contributed by atoms with Crippen LogP contribution in [0.4, 0.5) is 8.78 Å². The maximum atomic E-state index is 15.2. The summed E-state index contributed by atoms with van der Waals surface area (Å²) < 4.78 is 30.5. The van der Waals surface area contributed by atoms with Gasteiger partial charge in [-0.2, -0.15) is 0 Å². The van der Waals surface area contributed by atoms with Crippen molar-refractivity contribution in [3.8, 4) is 0 Å². The normalized spacial score (nSPS) is 59.4. The summed E-state index contributed by atoms with van der Waals surface area (Å²) >= 11 is 0. The minimum absolute atomic E-state index is 0.183. The predicted molar refractivity (Wildman–Crippen MR) is 85.5 cm³/mol. The Morgan fingerprint density at radius 2 is 1.54 bits per heavy atom. The third-order valence-electron chi connectivity index (χ3n) is 8.57. The van der Waals surface area contributed by atoms with Crippen LogP contribution in [0.25, 0.3) is 0 Å². The van der Waals surface area contributed by atoms with E-state index < -0.39 is 41.5 Å². The third kappa shape index (κ3) is 2.10. The fourth-order valence-electron chi connectivity index (χ4n) is 7.09. The maximum Gasteiger partial charge on any atom is 0.251 e. The number of fused-ring (bicyclic) bond motifs is 5. The highest BCUT2D eigenvalue weighted by Crippen LogP contribution is 2.69. The highest BCUT2D eigenvalue weighted by Gasteiger charge is 2.70. The Morgan fingerprint density at radius 3 is 2.25 bits per heavy atom. The number of aliphatic hydroxyl groups is 3. The van der Waals surface area contributed by atoms with Crippen molar-refractivity contribution in [1.29, 1.82) is 0 Å². The predicted octanol–water partition coefficient (Wildman–Crippen LogP) is 2.97. The number of aliphatic hydroxyl groups excluding tert-OH is 3. The molecule has 4 rings (SSSR count). The van der Waals surface area contributed by atoms with Crippen molar-refractivity contribution in [2.75, 3.05) is 0 Å². The average Bonchev–Trinajstić information content (AvgIpc) is 2.79. The van der Waals surface area contributed by atoms with E-state index in [2.05, 4.69) is 6.92 Å². The molecule has 0 aliphatic heterocycles.